The number of nitrogens with one attached hydrogen (secondary N) is 1. The highest BCUT2D eigenvalue weighted by atomic mass is 35.5. The molecule has 0 bridgehead atoms. The van der Waals surface area contributed by atoms with Gasteiger partial charge in [0.05, 0.1) is 24.8 Å². The van der Waals surface area contributed by atoms with Crippen LogP contribution < -0.4 is 14.2 Å². The molecule has 24 heavy (non-hydrogen) atoms. The summed E-state index contributed by atoms with van der Waals surface area (Å²) in [5.74, 6) is -0.861. The Morgan fingerprint density at radius 3 is 2.38 bits per heavy atom. The molecule has 0 saturated carbocycles. The van der Waals surface area contributed by atoms with E-state index in [-0.39, 0.29) is 32.7 Å². The zero-order chi connectivity index (χ0) is 17.9. The number of ether oxygens (including phenoxy) is 2. The maximum atomic E-state index is 12.6. The van der Waals surface area contributed by atoms with Gasteiger partial charge in [-0.05, 0) is 24.3 Å². The summed E-state index contributed by atoms with van der Waals surface area (Å²) in [4.78, 5) is 10.8. The van der Waals surface area contributed by atoms with Crippen LogP contribution in [-0.2, 0) is 10.0 Å². The molecule has 128 valence electrons. The highest BCUT2D eigenvalue weighted by Gasteiger charge is 2.22. The van der Waals surface area contributed by atoms with Gasteiger partial charge in [0.2, 0.25) is 0 Å². The molecule has 9 heteroatoms. The van der Waals surface area contributed by atoms with Gasteiger partial charge < -0.3 is 14.6 Å². The predicted octanol–water partition coefficient (Wildman–Crippen LogP) is 2.86. The fourth-order valence-electron chi connectivity index (χ4n) is 1.97. The van der Waals surface area contributed by atoms with Crippen molar-refractivity contribution in [2.24, 2.45) is 0 Å². The number of anilines is 1. The van der Waals surface area contributed by atoms with Crippen molar-refractivity contribution < 1.29 is 27.8 Å². The van der Waals surface area contributed by atoms with Crippen LogP contribution in [-0.4, -0.2) is 33.7 Å². The van der Waals surface area contributed by atoms with Crippen LogP contribution in [0, 0.1) is 0 Å². The van der Waals surface area contributed by atoms with E-state index in [1.54, 1.807) is 0 Å². The Labute approximate surface area is 143 Å². The van der Waals surface area contributed by atoms with Crippen LogP contribution in [0.4, 0.5) is 5.69 Å². The van der Waals surface area contributed by atoms with Crippen LogP contribution in [0.5, 0.6) is 11.5 Å². The second kappa shape index (κ2) is 6.98. The van der Waals surface area contributed by atoms with Gasteiger partial charge in [-0.2, -0.15) is 0 Å². The summed E-state index contributed by atoms with van der Waals surface area (Å²) in [5, 5.41) is 9.07. The third-order valence-corrected chi connectivity index (χ3v) is 4.79. The molecule has 0 atom stereocenters. The van der Waals surface area contributed by atoms with Gasteiger partial charge in [-0.3, -0.25) is 4.72 Å². The van der Waals surface area contributed by atoms with Gasteiger partial charge in [0, 0.05) is 11.8 Å². The number of methoxy groups -OCH3 is 2. The lowest BCUT2D eigenvalue weighted by molar-refractivity contribution is 0.0697. The number of carboxylic acids is 1. The lowest BCUT2D eigenvalue weighted by Gasteiger charge is -2.14. The summed E-state index contributed by atoms with van der Waals surface area (Å²) >= 11 is 5.98. The SMILES string of the molecule is COc1cc(OC)c(S(=O)(=O)Nc2cccc(C(=O)O)c2)cc1Cl. The van der Waals surface area contributed by atoms with E-state index in [1.165, 1.54) is 50.6 Å². The molecule has 0 aliphatic rings. The molecule has 0 amide bonds. The Morgan fingerprint density at radius 1 is 1.12 bits per heavy atom. The zero-order valence-corrected chi connectivity index (χ0v) is 14.3. The molecule has 0 radical (unpaired) electrons. The molecular weight excluding hydrogens is 358 g/mol. The fourth-order valence-corrected chi connectivity index (χ4v) is 3.50. The summed E-state index contributed by atoms with van der Waals surface area (Å²) in [6.45, 7) is 0. The van der Waals surface area contributed by atoms with E-state index in [4.69, 9.17) is 26.2 Å². The Morgan fingerprint density at radius 2 is 1.79 bits per heavy atom. The molecule has 2 aromatic carbocycles. The second-order valence-electron chi connectivity index (χ2n) is 4.63. The normalized spacial score (nSPS) is 11.0. The number of halogens is 1. The van der Waals surface area contributed by atoms with Crippen LogP contribution in [0.1, 0.15) is 10.4 Å². The van der Waals surface area contributed by atoms with Crippen molar-refractivity contribution in [3.8, 4) is 11.5 Å². The van der Waals surface area contributed by atoms with Gasteiger partial charge >= 0.3 is 5.97 Å². The molecule has 0 fully saturated rings. The molecule has 0 spiro atoms. The van der Waals surface area contributed by atoms with Crippen molar-refractivity contribution in [1.82, 2.24) is 0 Å². The van der Waals surface area contributed by atoms with Crippen LogP contribution >= 0.6 is 11.6 Å². The average Bonchev–Trinajstić information content (AvgIpc) is 2.54. The maximum absolute atomic E-state index is 12.6. The van der Waals surface area contributed by atoms with Gasteiger partial charge in [0.1, 0.15) is 16.4 Å². The highest BCUT2D eigenvalue weighted by molar-refractivity contribution is 7.92. The van der Waals surface area contributed by atoms with Crippen molar-refractivity contribution in [2.45, 2.75) is 4.90 Å². The molecule has 0 aromatic heterocycles. The maximum Gasteiger partial charge on any atom is 0.335 e. The first-order chi connectivity index (χ1) is 11.3. The summed E-state index contributed by atoms with van der Waals surface area (Å²) in [6.07, 6.45) is 0. The molecule has 0 heterocycles. The van der Waals surface area contributed by atoms with Gasteiger partial charge in [0.15, 0.2) is 0 Å². The van der Waals surface area contributed by atoms with Crippen molar-refractivity contribution in [1.29, 1.82) is 0 Å². The molecule has 2 rings (SSSR count). The van der Waals surface area contributed by atoms with Crippen LogP contribution in [0.15, 0.2) is 41.3 Å². The Balaban J connectivity index is 2.46. The van der Waals surface area contributed by atoms with E-state index >= 15 is 0 Å². The summed E-state index contributed by atoms with van der Waals surface area (Å²) in [6, 6.07) is 7.97. The first-order valence-corrected chi connectivity index (χ1v) is 8.42. The van der Waals surface area contributed by atoms with Gasteiger partial charge in [-0.15, -0.1) is 0 Å². The lowest BCUT2D eigenvalue weighted by atomic mass is 10.2. The number of benzene rings is 2. The largest absolute Gasteiger partial charge is 0.495 e. The Kier molecular flexibility index (Phi) is 5.20. The minimum atomic E-state index is -4.05. The molecule has 0 aliphatic heterocycles. The van der Waals surface area contributed by atoms with E-state index in [1.807, 2.05) is 0 Å². The molecule has 2 N–H and O–H groups in total. The number of hydrogen-bond donors (Lipinski definition) is 2. The van der Waals surface area contributed by atoms with E-state index in [0.717, 1.165) is 0 Å². The van der Waals surface area contributed by atoms with Gasteiger partial charge in [-0.1, -0.05) is 17.7 Å². The molecular formula is C15H14ClNO6S. The predicted molar refractivity (Wildman–Crippen MR) is 88.8 cm³/mol. The van der Waals surface area contributed by atoms with E-state index in [0.29, 0.717) is 0 Å². The number of rotatable bonds is 6. The highest BCUT2D eigenvalue weighted by Crippen LogP contribution is 2.35. The monoisotopic (exact) mass is 371 g/mol. The number of carboxylic acid groups (broad SMARTS) is 1. The first kappa shape index (κ1) is 17.9. The fraction of sp³-hybridized carbons (Fsp3) is 0.133. The van der Waals surface area contributed by atoms with Crippen LogP contribution in [0.3, 0.4) is 0 Å². The average molecular weight is 372 g/mol. The smallest absolute Gasteiger partial charge is 0.335 e. The summed E-state index contributed by atoms with van der Waals surface area (Å²) < 4.78 is 37.6. The van der Waals surface area contributed by atoms with E-state index in [9.17, 15) is 13.2 Å². The van der Waals surface area contributed by atoms with Crippen LogP contribution in [0.2, 0.25) is 5.02 Å². The van der Waals surface area contributed by atoms with Crippen molar-refractivity contribution in [2.75, 3.05) is 18.9 Å². The Bertz CT molecular complexity index is 882. The molecule has 0 unspecified atom stereocenters. The van der Waals surface area contributed by atoms with Gasteiger partial charge in [0.25, 0.3) is 10.0 Å². The number of hydrogen-bond acceptors (Lipinski definition) is 5. The van der Waals surface area contributed by atoms with Crippen LogP contribution in [0.25, 0.3) is 0 Å². The standard InChI is InChI=1S/C15H14ClNO6S/c1-22-12-8-13(23-2)14(7-11(12)16)24(20,21)17-10-5-3-4-9(6-10)15(18)19/h3-8,17H,1-2H3,(H,18,19). The van der Waals surface area contributed by atoms with Crippen molar-refractivity contribution >= 4 is 33.3 Å². The molecule has 7 nitrogen and oxygen atoms in total. The third-order valence-electron chi connectivity index (χ3n) is 3.09. The number of aromatic carboxylic acids is 1. The topological polar surface area (TPSA) is 102 Å². The minimum Gasteiger partial charge on any atom is -0.495 e. The number of sulfonamides is 1. The zero-order valence-electron chi connectivity index (χ0n) is 12.7. The third kappa shape index (κ3) is 3.72. The number of carbonyl (C=O) groups is 1. The first-order valence-electron chi connectivity index (χ1n) is 6.56. The van der Waals surface area contributed by atoms with Gasteiger partial charge in [-0.25, -0.2) is 13.2 Å². The quantitative estimate of drug-likeness (QED) is 0.809. The van der Waals surface area contributed by atoms with E-state index < -0.39 is 16.0 Å². The Hall–Kier alpha value is -2.45. The summed E-state index contributed by atoms with van der Waals surface area (Å²) in [7, 11) is -1.35. The van der Waals surface area contributed by atoms with Crippen molar-refractivity contribution in [3.63, 3.8) is 0 Å². The lowest BCUT2D eigenvalue weighted by Crippen LogP contribution is -2.14. The molecule has 2 aromatic rings. The summed E-state index contributed by atoms with van der Waals surface area (Å²) in [5.41, 5.74) is 0.0545. The second-order valence-corrected chi connectivity index (χ2v) is 6.69. The molecule has 0 saturated heterocycles. The minimum absolute atomic E-state index is 0.0399. The molecule has 0 aliphatic carbocycles. The van der Waals surface area contributed by atoms with Crippen molar-refractivity contribution in [3.05, 3.63) is 47.0 Å². The van der Waals surface area contributed by atoms with E-state index in [2.05, 4.69) is 4.72 Å².